The molecule has 0 saturated heterocycles. The van der Waals surface area contributed by atoms with Crippen molar-refractivity contribution >= 4 is 17.0 Å². The lowest BCUT2D eigenvalue weighted by Crippen LogP contribution is -2.21. The second kappa shape index (κ2) is 3.08. The van der Waals surface area contributed by atoms with Gasteiger partial charge in [-0.1, -0.05) is 0 Å². The number of fused-ring (bicyclic) bond motifs is 1. The van der Waals surface area contributed by atoms with Gasteiger partial charge in [-0.25, -0.2) is 4.98 Å². The van der Waals surface area contributed by atoms with Gasteiger partial charge in [0.15, 0.2) is 6.04 Å². The summed E-state index contributed by atoms with van der Waals surface area (Å²) < 4.78 is 0. The fourth-order valence-corrected chi connectivity index (χ4v) is 1.14. The third-order valence-corrected chi connectivity index (χ3v) is 1.86. The second-order valence-corrected chi connectivity index (χ2v) is 2.83. The predicted molar refractivity (Wildman–Crippen MR) is 48.5 cm³/mol. The maximum absolute atomic E-state index is 10.6. The molecule has 2 aromatic rings. The Morgan fingerprint density at radius 1 is 1.64 bits per heavy atom. The van der Waals surface area contributed by atoms with Crippen molar-refractivity contribution < 1.29 is 9.90 Å². The van der Waals surface area contributed by atoms with Crippen LogP contribution in [0, 0.1) is 0 Å². The third kappa shape index (κ3) is 1.31. The Labute approximate surface area is 78.8 Å². The number of nitrogens with one attached hydrogen (secondary N) is 1. The number of nitrogens with two attached hydrogens (primary N) is 1. The molecular formula is C8H8N4O2. The van der Waals surface area contributed by atoms with Crippen LogP contribution in [0.15, 0.2) is 18.5 Å². The van der Waals surface area contributed by atoms with E-state index in [1.54, 1.807) is 18.5 Å². The minimum atomic E-state index is -1.12. The van der Waals surface area contributed by atoms with Gasteiger partial charge in [-0.15, -0.1) is 0 Å². The van der Waals surface area contributed by atoms with Gasteiger partial charge in [-0.3, -0.25) is 9.78 Å². The fraction of sp³-hybridized carbons (Fsp3) is 0.125. The number of carboxylic acids is 1. The smallest absolute Gasteiger partial charge is 0.328 e. The van der Waals surface area contributed by atoms with E-state index in [9.17, 15) is 4.79 Å². The highest BCUT2D eigenvalue weighted by Crippen LogP contribution is 2.13. The average Bonchev–Trinajstić information content (AvgIpc) is 2.59. The van der Waals surface area contributed by atoms with Crippen LogP contribution in [0.4, 0.5) is 0 Å². The van der Waals surface area contributed by atoms with Crippen LogP contribution in [-0.2, 0) is 4.79 Å². The van der Waals surface area contributed by atoms with E-state index in [2.05, 4.69) is 15.0 Å². The van der Waals surface area contributed by atoms with Gasteiger partial charge < -0.3 is 15.8 Å². The molecule has 14 heavy (non-hydrogen) atoms. The molecule has 2 aromatic heterocycles. The van der Waals surface area contributed by atoms with Crippen LogP contribution in [-0.4, -0.2) is 26.0 Å². The van der Waals surface area contributed by atoms with Gasteiger partial charge in [0.25, 0.3) is 0 Å². The number of rotatable bonds is 2. The lowest BCUT2D eigenvalue weighted by Gasteiger charge is -1.99. The SMILES string of the molecule is NC(C(=O)O)c1nc2ccncc2[nH]1. The van der Waals surface area contributed by atoms with Crippen LogP contribution in [0.25, 0.3) is 11.0 Å². The number of hydrogen-bond acceptors (Lipinski definition) is 4. The largest absolute Gasteiger partial charge is 0.480 e. The molecule has 2 rings (SSSR count). The number of H-pyrrole nitrogens is 1. The average molecular weight is 192 g/mol. The van der Waals surface area contributed by atoms with E-state index in [-0.39, 0.29) is 5.82 Å². The maximum Gasteiger partial charge on any atom is 0.328 e. The topological polar surface area (TPSA) is 105 Å². The first-order valence-corrected chi connectivity index (χ1v) is 3.96. The summed E-state index contributed by atoms with van der Waals surface area (Å²) in [6.07, 6.45) is 3.15. The van der Waals surface area contributed by atoms with Gasteiger partial charge in [-0.2, -0.15) is 0 Å². The van der Waals surface area contributed by atoms with E-state index < -0.39 is 12.0 Å². The number of carboxylic acid groups (broad SMARTS) is 1. The van der Waals surface area contributed by atoms with Crippen molar-refractivity contribution in [3.63, 3.8) is 0 Å². The molecule has 0 aliphatic rings. The highest BCUT2D eigenvalue weighted by atomic mass is 16.4. The maximum atomic E-state index is 10.6. The molecule has 1 atom stereocenters. The summed E-state index contributed by atoms with van der Waals surface area (Å²) in [5.74, 6) is -0.877. The molecule has 0 spiro atoms. The standard InChI is InChI=1S/C8H8N4O2/c9-6(8(13)14)7-11-4-1-2-10-3-5(4)12-7/h1-3,6H,9H2,(H,11,12)(H,13,14). The number of aromatic amines is 1. The lowest BCUT2D eigenvalue weighted by atomic mass is 10.3. The molecule has 6 nitrogen and oxygen atoms in total. The van der Waals surface area contributed by atoms with Gasteiger partial charge >= 0.3 is 5.97 Å². The molecule has 0 aliphatic carbocycles. The van der Waals surface area contributed by atoms with E-state index in [1.807, 2.05) is 0 Å². The summed E-state index contributed by atoms with van der Waals surface area (Å²) in [6, 6.07) is 0.562. The number of nitrogens with zero attached hydrogens (tertiary/aromatic N) is 2. The second-order valence-electron chi connectivity index (χ2n) is 2.83. The Kier molecular flexibility index (Phi) is 1.90. The van der Waals surface area contributed by atoms with Crippen molar-refractivity contribution in [2.75, 3.05) is 0 Å². The Hall–Kier alpha value is -1.95. The molecule has 0 amide bonds. The number of pyridine rings is 1. The summed E-state index contributed by atoms with van der Waals surface area (Å²) in [5.41, 5.74) is 6.73. The van der Waals surface area contributed by atoms with Crippen LogP contribution < -0.4 is 5.73 Å². The molecular weight excluding hydrogens is 184 g/mol. The van der Waals surface area contributed by atoms with E-state index in [1.165, 1.54) is 0 Å². The monoisotopic (exact) mass is 192 g/mol. The number of aromatic nitrogens is 3. The first-order valence-electron chi connectivity index (χ1n) is 3.96. The van der Waals surface area contributed by atoms with Gasteiger partial charge in [-0.05, 0) is 6.07 Å². The molecule has 0 fully saturated rings. The summed E-state index contributed by atoms with van der Waals surface area (Å²) in [5, 5.41) is 8.66. The number of hydrogen-bond donors (Lipinski definition) is 3. The van der Waals surface area contributed by atoms with Gasteiger partial charge in [0, 0.05) is 6.20 Å². The fourth-order valence-electron chi connectivity index (χ4n) is 1.14. The molecule has 0 aliphatic heterocycles. The van der Waals surface area contributed by atoms with Crippen molar-refractivity contribution in [3.8, 4) is 0 Å². The van der Waals surface area contributed by atoms with Crippen molar-refractivity contribution in [3.05, 3.63) is 24.3 Å². The number of aliphatic carboxylic acids is 1. The van der Waals surface area contributed by atoms with Crippen LogP contribution >= 0.6 is 0 Å². The first-order chi connectivity index (χ1) is 6.68. The van der Waals surface area contributed by atoms with Crippen LogP contribution in [0.1, 0.15) is 11.9 Å². The molecule has 4 N–H and O–H groups in total. The van der Waals surface area contributed by atoms with E-state index >= 15 is 0 Å². The predicted octanol–water partition coefficient (Wildman–Crippen LogP) is 0.0423. The first kappa shape index (κ1) is 8.64. The lowest BCUT2D eigenvalue weighted by molar-refractivity contribution is -0.138. The summed E-state index contributed by atoms with van der Waals surface area (Å²) in [4.78, 5) is 21.3. The highest BCUT2D eigenvalue weighted by molar-refractivity contribution is 5.78. The van der Waals surface area contributed by atoms with E-state index in [0.717, 1.165) is 0 Å². The van der Waals surface area contributed by atoms with Crippen molar-refractivity contribution in [2.24, 2.45) is 5.73 Å². The van der Waals surface area contributed by atoms with Crippen molar-refractivity contribution in [2.45, 2.75) is 6.04 Å². The number of carbonyl (C=O) groups is 1. The normalized spacial score (nSPS) is 12.9. The molecule has 0 aromatic carbocycles. The molecule has 6 heteroatoms. The quantitative estimate of drug-likeness (QED) is 0.623. The van der Waals surface area contributed by atoms with Gasteiger partial charge in [0.2, 0.25) is 0 Å². The molecule has 1 unspecified atom stereocenters. The summed E-state index contributed by atoms with van der Waals surface area (Å²) >= 11 is 0. The Balaban J connectivity index is 2.50. The zero-order chi connectivity index (χ0) is 10.1. The number of imidazole rings is 1. The Bertz CT molecular complexity index is 446. The van der Waals surface area contributed by atoms with E-state index in [0.29, 0.717) is 11.0 Å². The van der Waals surface area contributed by atoms with Crippen LogP contribution in [0.2, 0.25) is 0 Å². The summed E-state index contributed by atoms with van der Waals surface area (Å²) in [6.45, 7) is 0. The van der Waals surface area contributed by atoms with E-state index in [4.69, 9.17) is 10.8 Å². The van der Waals surface area contributed by atoms with Crippen LogP contribution in [0.5, 0.6) is 0 Å². The molecule has 72 valence electrons. The zero-order valence-corrected chi connectivity index (χ0v) is 7.14. The van der Waals surface area contributed by atoms with Crippen LogP contribution in [0.3, 0.4) is 0 Å². The Morgan fingerprint density at radius 2 is 2.43 bits per heavy atom. The van der Waals surface area contributed by atoms with Gasteiger partial charge in [0.05, 0.1) is 17.2 Å². The molecule has 0 radical (unpaired) electrons. The Morgan fingerprint density at radius 3 is 3.07 bits per heavy atom. The highest BCUT2D eigenvalue weighted by Gasteiger charge is 2.17. The minimum absolute atomic E-state index is 0.237. The molecule has 0 bridgehead atoms. The minimum Gasteiger partial charge on any atom is -0.480 e. The molecule has 0 saturated carbocycles. The van der Waals surface area contributed by atoms with Crippen molar-refractivity contribution in [1.29, 1.82) is 0 Å². The third-order valence-electron chi connectivity index (χ3n) is 1.86. The van der Waals surface area contributed by atoms with Gasteiger partial charge in [0.1, 0.15) is 5.82 Å². The summed E-state index contributed by atoms with van der Waals surface area (Å²) in [7, 11) is 0. The molecule has 2 heterocycles. The van der Waals surface area contributed by atoms with Crippen molar-refractivity contribution in [1.82, 2.24) is 15.0 Å². The zero-order valence-electron chi connectivity index (χ0n) is 7.14.